The van der Waals surface area contributed by atoms with Gasteiger partial charge < -0.3 is 26.0 Å². The molecule has 0 fully saturated rings. The summed E-state index contributed by atoms with van der Waals surface area (Å²) in [6, 6.07) is 12.0. The van der Waals surface area contributed by atoms with Gasteiger partial charge in [0.05, 0.1) is 19.2 Å². The molecule has 1 aliphatic heterocycles. The fourth-order valence-electron chi connectivity index (χ4n) is 5.15. The number of carbonyl (C=O) groups excluding carboxylic acids is 5. The molecule has 1 heterocycles. The van der Waals surface area contributed by atoms with Gasteiger partial charge in [-0.1, -0.05) is 68.8 Å². The lowest BCUT2D eigenvalue weighted by atomic mass is 9.90. The highest BCUT2D eigenvalue weighted by Gasteiger charge is 2.31. The van der Waals surface area contributed by atoms with Gasteiger partial charge in [0.2, 0.25) is 11.8 Å². The Morgan fingerprint density at radius 1 is 1.00 bits per heavy atom. The van der Waals surface area contributed by atoms with E-state index in [1.807, 2.05) is 30.3 Å². The van der Waals surface area contributed by atoms with Crippen molar-refractivity contribution < 1.29 is 33.1 Å². The van der Waals surface area contributed by atoms with E-state index < -0.39 is 41.9 Å². The Morgan fingerprint density at radius 3 is 2.42 bits per heavy atom. The summed E-state index contributed by atoms with van der Waals surface area (Å²) in [5.74, 6) is -2.99. The normalized spacial score (nSPS) is 19.5. The monoisotopic (exact) mass is 622 g/mol. The Labute approximate surface area is 263 Å². The van der Waals surface area contributed by atoms with E-state index in [9.17, 15) is 28.4 Å². The van der Waals surface area contributed by atoms with Crippen LogP contribution in [0.2, 0.25) is 0 Å². The minimum Gasteiger partial charge on any atom is -0.467 e. The van der Waals surface area contributed by atoms with Gasteiger partial charge in [-0.05, 0) is 54.9 Å². The van der Waals surface area contributed by atoms with Crippen LogP contribution < -0.4 is 21.3 Å². The largest absolute Gasteiger partial charge is 0.467 e. The van der Waals surface area contributed by atoms with Crippen LogP contribution in [0.15, 0.2) is 66.7 Å². The highest BCUT2D eigenvalue weighted by Crippen LogP contribution is 2.18. The molecular weight excluding hydrogens is 579 g/mol. The number of halogens is 1. The van der Waals surface area contributed by atoms with Gasteiger partial charge in [-0.2, -0.15) is 0 Å². The van der Waals surface area contributed by atoms with Crippen molar-refractivity contribution in [3.8, 4) is 0 Å². The first-order chi connectivity index (χ1) is 21.5. The second kappa shape index (κ2) is 17.7. The van der Waals surface area contributed by atoms with Crippen molar-refractivity contribution in [1.82, 2.24) is 21.3 Å². The van der Waals surface area contributed by atoms with Crippen LogP contribution >= 0.6 is 0 Å². The maximum atomic E-state index is 13.9. The number of ketones is 1. The summed E-state index contributed by atoms with van der Waals surface area (Å²) in [6.07, 6.45) is 4.77. The van der Waals surface area contributed by atoms with Gasteiger partial charge >= 0.3 is 12.0 Å². The van der Waals surface area contributed by atoms with Crippen molar-refractivity contribution >= 4 is 29.6 Å². The van der Waals surface area contributed by atoms with E-state index in [0.717, 1.165) is 5.56 Å². The number of benzene rings is 2. The molecule has 1 aliphatic rings. The lowest BCUT2D eigenvalue weighted by molar-refractivity contribution is -0.144. The van der Waals surface area contributed by atoms with E-state index in [2.05, 4.69) is 21.3 Å². The van der Waals surface area contributed by atoms with E-state index in [1.54, 1.807) is 32.1 Å². The molecule has 4 atom stereocenters. The van der Waals surface area contributed by atoms with Crippen LogP contribution in [0.5, 0.6) is 0 Å². The molecule has 45 heavy (non-hydrogen) atoms. The third-order valence-corrected chi connectivity index (χ3v) is 7.63. The Morgan fingerprint density at radius 2 is 1.73 bits per heavy atom. The van der Waals surface area contributed by atoms with Crippen molar-refractivity contribution in [1.29, 1.82) is 0 Å². The van der Waals surface area contributed by atoms with Gasteiger partial charge in [0, 0.05) is 25.0 Å². The summed E-state index contributed by atoms with van der Waals surface area (Å²) in [5, 5.41) is 11.1. The Balaban J connectivity index is 1.81. The highest BCUT2D eigenvalue weighted by molar-refractivity contribution is 5.93. The number of carbonyl (C=O) groups is 5. The number of hydrogen-bond acceptors (Lipinski definition) is 6. The summed E-state index contributed by atoms with van der Waals surface area (Å²) in [4.78, 5) is 64.9. The number of nitrogens with one attached hydrogen (secondary N) is 4. The summed E-state index contributed by atoms with van der Waals surface area (Å²) >= 11 is 0. The minimum absolute atomic E-state index is 0.142. The van der Waals surface area contributed by atoms with Gasteiger partial charge in [0.15, 0.2) is 5.78 Å². The number of hydrogen-bond donors (Lipinski definition) is 4. The molecule has 11 heteroatoms. The standard InChI is InChI=1S/C34H43FN4O6/c1-22(2)31(33(43)45-3)39-34(44)38-28(20-23-10-5-4-6-11-23)29(40)21-25-13-7-8-17-36-30(41)16-15-27(37-32(25)42)19-24-12-9-14-26(35)18-24/h4-6,9-12,14-16,18,22,25,27-28,31H,7-8,13,17,19-21H2,1-3H3,(H,36,41)(H,37,42)(H2,38,39,44)/b16-15+/t25?,27-,28+,31+/m1/s1. The third-order valence-electron chi connectivity index (χ3n) is 7.63. The zero-order valence-electron chi connectivity index (χ0n) is 26.0. The van der Waals surface area contributed by atoms with Crippen molar-refractivity contribution in [3.63, 3.8) is 0 Å². The summed E-state index contributed by atoms with van der Waals surface area (Å²) in [5.41, 5.74) is 1.44. The van der Waals surface area contributed by atoms with Gasteiger partial charge in [0.25, 0.3) is 0 Å². The van der Waals surface area contributed by atoms with Crippen molar-refractivity contribution in [2.45, 2.75) is 70.5 Å². The summed E-state index contributed by atoms with van der Waals surface area (Å²) in [6.45, 7) is 3.94. The first-order valence-corrected chi connectivity index (χ1v) is 15.3. The number of ether oxygens (including phenoxy) is 1. The van der Waals surface area contributed by atoms with E-state index in [1.165, 1.54) is 25.3 Å². The summed E-state index contributed by atoms with van der Waals surface area (Å²) < 4.78 is 18.7. The molecule has 3 rings (SSSR count). The van der Waals surface area contributed by atoms with Crippen LogP contribution in [0.4, 0.5) is 9.18 Å². The van der Waals surface area contributed by atoms with Gasteiger partial charge in [-0.3, -0.25) is 14.4 Å². The molecule has 4 N–H and O–H groups in total. The second-order valence-corrected chi connectivity index (χ2v) is 11.6. The van der Waals surface area contributed by atoms with Crippen LogP contribution in [0, 0.1) is 17.7 Å². The molecular formula is C34H43FN4O6. The number of urea groups is 1. The topological polar surface area (TPSA) is 143 Å². The predicted molar refractivity (Wildman–Crippen MR) is 167 cm³/mol. The minimum atomic E-state index is -0.977. The van der Waals surface area contributed by atoms with Gasteiger partial charge in [0.1, 0.15) is 11.9 Å². The quantitative estimate of drug-likeness (QED) is 0.283. The lowest BCUT2D eigenvalue weighted by Gasteiger charge is -2.25. The molecule has 4 amide bonds. The molecule has 0 bridgehead atoms. The number of rotatable bonds is 11. The zero-order valence-corrected chi connectivity index (χ0v) is 26.0. The maximum absolute atomic E-state index is 13.9. The Bertz CT molecular complexity index is 1350. The molecule has 2 aromatic carbocycles. The fraction of sp³-hybridized carbons (Fsp3) is 0.441. The maximum Gasteiger partial charge on any atom is 0.328 e. The van der Waals surface area contributed by atoms with E-state index in [-0.39, 0.29) is 42.8 Å². The number of methoxy groups -OCH3 is 1. The molecule has 1 unspecified atom stereocenters. The zero-order chi connectivity index (χ0) is 32.8. The smallest absolute Gasteiger partial charge is 0.328 e. The van der Waals surface area contributed by atoms with Crippen molar-refractivity contribution in [2.24, 2.45) is 11.8 Å². The molecule has 10 nitrogen and oxygen atoms in total. The highest BCUT2D eigenvalue weighted by atomic mass is 19.1. The van der Waals surface area contributed by atoms with Crippen LogP contribution in [-0.4, -0.2) is 61.4 Å². The molecule has 0 aromatic heterocycles. The van der Waals surface area contributed by atoms with E-state index in [4.69, 9.17) is 4.74 Å². The van der Waals surface area contributed by atoms with Crippen LogP contribution in [0.3, 0.4) is 0 Å². The van der Waals surface area contributed by atoms with E-state index in [0.29, 0.717) is 31.4 Å². The van der Waals surface area contributed by atoms with Crippen molar-refractivity contribution in [3.05, 3.63) is 83.7 Å². The Kier molecular flexibility index (Phi) is 13.7. The first kappa shape index (κ1) is 34.9. The molecule has 2 aromatic rings. The predicted octanol–water partition coefficient (Wildman–Crippen LogP) is 3.39. The lowest BCUT2D eigenvalue weighted by Crippen LogP contribution is -2.53. The van der Waals surface area contributed by atoms with Crippen LogP contribution in [0.1, 0.15) is 50.7 Å². The van der Waals surface area contributed by atoms with Crippen molar-refractivity contribution in [2.75, 3.05) is 13.7 Å². The van der Waals surface area contributed by atoms with E-state index >= 15 is 0 Å². The Hall–Kier alpha value is -4.54. The number of esters is 1. The van der Waals surface area contributed by atoms with Crippen LogP contribution in [-0.2, 0) is 36.8 Å². The third kappa shape index (κ3) is 11.8. The van der Waals surface area contributed by atoms with Gasteiger partial charge in [-0.15, -0.1) is 0 Å². The molecule has 0 saturated carbocycles. The SMILES string of the molecule is COC(=O)[C@@H](NC(=O)N[C@@H](Cc1ccccc1)C(=O)CC1CCCCNC(=O)/C=C/[C@H](Cc2cccc(F)c2)NC1=O)C(C)C. The summed E-state index contributed by atoms with van der Waals surface area (Å²) in [7, 11) is 1.24. The average molecular weight is 623 g/mol. The van der Waals surface area contributed by atoms with Crippen LogP contribution in [0.25, 0.3) is 0 Å². The molecule has 0 aliphatic carbocycles. The average Bonchev–Trinajstić information content (AvgIpc) is 3.00. The second-order valence-electron chi connectivity index (χ2n) is 11.6. The molecule has 0 saturated heterocycles. The molecule has 0 spiro atoms. The molecule has 242 valence electrons. The van der Waals surface area contributed by atoms with Gasteiger partial charge in [-0.25, -0.2) is 14.0 Å². The first-order valence-electron chi connectivity index (χ1n) is 15.3. The molecule has 0 radical (unpaired) electrons. The number of amides is 4. The number of Topliss-reactive ketones (excluding diaryl/α,β-unsaturated/α-hetero) is 1. The fourth-order valence-corrected chi connectivity index (χ4v) is 5.15.